The first kappa shape index (κ1) is 22.3. The summed E-state index contributed by atoms with van der Waals surface area (Å²) in [7, 11) is 0. The zero-order valence-electron chi connectivity index (χ0n) is 18.7. The van der Waals surface area contributed by atoms with Gasteiger partial charge in [0.15, 0.2) is 0 Å². The summed E-state index contributed by atoms with van der Waals surface area (Å²) in [4.78, 5) is 31.9. The zero-order valence-corrected chi connectivity index (χ0v) is 18.7. The minimum Gasteiger partial charge on any atom is -0.507 e. The van der Waals surface area contributed by atoms with Crippen LogP contribution in [0.15, 0.2) is 78.6 Å². The molecule has 1 atom stereocenters. The number of aliphatic hydroxyl groups is 1. The lowest BCUT2D eigenvalue weighted by atomic mass is 9.94. The van der Waals surface area contributed by atoms with Crippen molar-refractivity contribution in [1.29, 1.82) is 0 Å². The number of carbonyl (C=O) groups is 2. The van der Waals surface area contributed by atoms with Crippen molar-refractivity contribution in [3.8, 4) is 5.75 Å². The van der Waals surface area contributed by atoms with Crippen LogP contribution < -0.4 is 4.74 Å². The molecule has 2 aromatic carbocycles. The summed E-state index contributed by atoms with van der Waals surface area (Å²) >= 11 is 0. The van der Waals surface area contributed by atoms with Gasteiger partial charge < -0.3 is 14.7 Å². The molecule has 1 N–H and O–H groups in total. The van der Waals surface area contributed by atoms with E-state index in [1.165, 1.54) is 4.90 Å². The number of hydrogen-bond acceptors (Lipinski definition) is 5. The number of hydrogen-bond donors (Lipinski definition) is 1. The molecule has 0 radical (unpaired) electrons. The van der Waals surface area contributed by atoms with E-state index in [-0.39, 0.29) is 17.9 Å². The maximum absolute atomic E-state index is 13.2. The van der Waals surface area contributed by atoms with E-state index >= 15 is 0 Å². The molecule has 0 spiro atoms. The smallest absolute Gasteiger partial charge is 0.295 e. The molecule has 0 saturated carbocycles. The Labute approximate surface area is 193 Å². The third-order valence-corrected chi connectivity index (χ3v) is 5.59. The Morgan fingerprint density at radius 3 is 2.58 bits per heavy atom. The first-order valence-electron chi connectivity index (χ1n) is 11.0. The van der Waals surface area contributed by atoms with Crippen LogP contribution in [0.4, 0.5) is 0 Å². The van der Waals surface area contributed by atoms with Crippen LogP contribution in [0.25, 0.3) is 5.76 Å². The minimum atomic E-state index is -0.753. The predicted molar refractivity (Wildman–Crippen MR) is 125 cm³/mol. The Kier molecular flexibility index (Phi) is 6.54. The number of Topliss-reactive ketones (excluding diaryl/α,β-unsaturated/α-hetero) is 1. The maximum Gasteiger partial charge on any atom is 0.295 e. The first-order chi connectivity index (χ1) is 16.0. The normalized spacial score (nSPS) is 17.4. The van der Waals surface area contributed by atoms with E-state index in [0.717, 1.165) is 17.5 Å². The van der Waals surface area contributed by atoms with Crippen molar-refractivity contribution in [2.24, 2.45) is 0 Å². The highest BCUT2D eigenvalue weighted by Gasteiger charge is 2.46. The highest BCUT2D eigenvalue weighted by molar-refractivity contribution is 6.46. The lowest BCUT2D eigenvalue weighted by Crippen LogP contribution is -2.29. The highest BCUT2D eigenvalue weighted by atomic mass is 16.5. The molecule has 4 rings (SSSR count). The number of aryl methyl sites for hydroxylation is 1. The second-order valence-electron chi connectivity index (χ2n) is 8.08. The van der Waals surface area contributed by atoms with E-state index in [1.54, 1.807) is 30.6 Å². The third-order valence-electron chi connectivity index (χ3n) is 5.59. The van der Waals surface area contributed by atoms with E-state index < -0.39 is 17.7 Å². The van der Waals surface area contributed by atoms with Crippen LogP contribution in [0.3, 0.4) is 0 Å². The number of aromatic nitrogens is 1. The monoisotopic (exact) mass is 442 g/mol. The fourth-order valence-corrected chi connectivity index (χ4v) is 3.94. The topological polar surface area (TPSA) is 79.7 Å². The summed E-state index contributed by atoms with van der Waals surface area (Å²) in [6.45, 7) is 4.71. The molecule has 0 aliphatic carbocycles. The van der Waals surface area contributed by atoms with E-state index in [2.05, 4.69) is 4.98 Å². The van der Waals surface area contributed by atoms with Gasteiger partial charge in [-0.1, -0.05) is 55.0 Å². The summed E-state index contributed by atoms with van der Waals surface area (Å²) in [5.41, 5.74) is 3.07. The second-order valence-corrected chi connectivity index (χ2v) is 8.08. The van der Waals surface area contributed by atoms with Gasteiger partial charge in [0, 0.05) is 24.5 Å². The van der Waals surface area contributed by atoms with Gasteiger partial charge in [0.05, 0.1) is 18.2 Å². The molecule has 1 unspecified atom stereocenters. The summed E-state index contributed by atoms with van der Waals surface area (Å²) in [6, 6.07) is 17.4. The Balaban J connectivity index is 1.84. The molecule has 0 bridgehead atoms. The molecule has 3 aromatic rings. The van der Waals surface area contributed by atoms with Gasteiger partial charge in [-0.15, -0.1) is 0 Å². The van der Waals surface area contributed by atoms with E-state index in [4.69, 9.17) is 4.74 Å². The molecule has 1 aliphatic heterocycles. The van der Waals surface area contributed by atoms with Gasteiger partial charge >= 0.3 is 0 Å². The lowest BCUT2D eigenvalue weighted by molar-refractivity contribution is -0.140. The number of pyridine rings is 1. The molecule has 1 amide bonds. The van der Waals surface area contributed by atoms with Crippen LogP contribution in [0.2, 0.25) is 0 Å². The van der Waals surface area contributed by atoms with Gasteiger partial charge in [-0.3, -0.25) is 14.6 Å². The van der Waals surface area contributed by atoms with Crippen molar-refractivity contribution < 1.29 is 19.4 Å². The highest BCUT2D eigenvalue weighted by Crippen LogP contribution is 2.41. The number of rotatable bonds is 7. The molecule has 2 heterocycles. The predicted octanol–water partition coefficient (Wildman–Crippen LogP) is 4.80. The fraction of sp³-hybridized carbons (Fsp3) is 0.222. The summed E-state index contributed by atoms with van der Waals surface area (Å²) in [6.07, 6.45) is 4.18. The first-order valence-corrected chi connectivity index (χ1v) is 11.0. The maximum atomic E-state index is 13.2. The van der Waals surface area contributed by atoms with E-state index in [0.29, 0.717) is 23.5 Å². The van der Waals surface area contributed by atoms with Gasteiger partial charge in [-0.2, -0.15) is 0 Å². The van der Waals surface area contributed by atoms with Crippen LogP contribution in [0, 0.1) is 6.92 Å². The van der Waals surface area contributed by atoms with Crippen LogP contribution >= 0.6 is 0 Å². The van der Waals surface area contributed by atoms with Crippen LogP contribution in [-0.4, -0.2) is 33.3 Å². The number of amides is 1. The van der Waals surface area contributed by atoms with Gasteiger partial charge in [0.25, 0.3) is 11.7 Å². The Morgan fingerprint density at radius 1 is 1.09 bits per heavy atom. The van der Waals surface area contributed by atoms with Crippen molar-refractivity contribution in [2.75, 3.05) is 6.61 Å². The van der Waals surface area contributed by atoms with Gasteiger partial charge in [-0.25, -0.2) is 0 Å². The van der Waals surface area contributed by atoms with Crippen molar-refractivity contribution in [1.82, 2.24) is 9.88 Å². The number of benzene rings is 2. The molecular formula is C27H26N2O4. The second kappa shape index (κ2) is 9.69. The molecule has 1 aromatic heterocycles. The number of nitrogens with zero attached hydrogens (tertiary/aromatic N) is 2. The minimum absolute atomic E-state index is 0.0698. The molecule has 33 heavy (non-hydrogen) atoms. The van der Waals surface area contributed by atoms with Gasteiger partial charge in [0.2, 0.25) is 0 Å². The quantitative estimate of drug-likeness (QED) is 0.323. The summed E-state index contributed by atoms with van der Waals surface area (Å²) < 4.78 is 5.78. The average molecular weight is 443 g/mol. The molecule has 1 aliphatic rings. The third kappa shape index (κ3) is 4.65. The van der Waals surface area contributed by atoms with E-state index in [1.807, 2.05) is 56.3 Å². The fourth-order valence-electron chi connectivity index (χ4n) is 3.94. The average Bonchev–Trinajstić information content (AvgIpc) is 3.08. The molecular weight excluding hydrogens is 416 g/mol. The van der Waals surface area contributed by atoms with Crippen molar-refractivity contribution in [2.45, 2.75) is 32.9 Å². The number of carbonyl (C=O) groups excluding carboxylic acids is 2. The number of ether oxygens (including phenoxy) is 1. The SMILES string of the molecule is CCCOc1cccc(C2/C(=C(\O)c3ccc(C)cc3)C(=O)C(=O)N2Cc2cccnc2)c1. The Hall–Kier alpha value is -3.93. The number of ketones is 1. The molecule has 6 nitrogen and oxygen atoms in total. The van der Waals surface area contributed by atoms with Crippen LogP contribution in [-0.2, 0) is 16.1 Å². The van der Waals surface area contributed by atoms with Crippen molar-refractivity contribution >= 4 is 17.4 Å². The zero-order chi connectivity index (χ0) is 23.4. The molecule has 6 heteroatoms. The number of aliphatic hydroxyl groups excluding tert-OH is 1. The Bertz CT molecular complexity index is 1190. The van der Waals surface area contributed by atoms with Crippen LogP contribution in [0.1, 0.15) is 41.6 Å². The van der Waals surface area contributed by atoms with Crippen molar-refractivity contribution in [3.63, 3.8) is 0 Å². The largest absolute Gasteiger partial charge is 0.507 e. The molecule has 168 valence electrons. The molecule has 1 fully saturated rings. The lowest BCUT2D eigenvalue weighted by Gasteiger charge is -2.25. The molecule has 1 saturated heterocycles. The van der Waals surface area contributed by atoms with Crippen LogP contribution in [0.5, 0.6) is 5.75 Å². The standard InChI is InChI=1S/C27H26N2O4/c1-3-14-33-22-8-4-7-21(15-22)24-23(25(30)20-11-9-18(2)10-12-20)26(31)27(32)29(24)17-19-6-5-13-28-16-19/h4-13,15-16,24,30H,3,14,17H2,1-2H3/b25-23+. The van der Waals surface area contributed by atoms with Gasteiger partial charge in [0.1, 0.15) is 11.5 Å². The summed E-state index contributed by atoms with van der Waals surface area (Å²) in [5, 5.41) is 11.2. The summed E-state index contributed by atoms with van der Waals surface area (Å²) in [5.74, 6) is -0.900. The number of likely N-dealkylation sites (tertiary alicyclic amines) is 1. The Morgan fingerprint density at radius 2 is 1.88 bits per heavy atom. The van der Waals surface area contributed by atoms with E-state index in [9.17, 15) is 14.7 Å². The van der Waals surface area contributed by atoms with Gasteiger partial charge in [-0.05, 0) is 42.7 Å². The van der Waals surface area contributed by atoms with Crippen molar-refractivity contribution in [3.05, 3.63) is 101 Å².